The molecule has 5 nitrogen and oxygen atoms in total. The van der Waals surface area contributed by atoms with Gasteiger partial charge in [0.25, 0.3) is 0 Å². The minimum atomic E-state index is -0.635. The van der Waals surface area contributed by atoms with Crippen LogP contribution in [-0.2, 0) is 19.1 Å². The van der Waals surface area contributed by atoms with Crippen molar-refractivity contribution in [2.45, 2.75) is 19.3 Å². The van der Waals surface area contributed by atoms with Crippen LogP contribution < -0.4 is 0 Å². The van der Waals surface area contributed by atoms with Gasteiger partial charge < -0.3 is 9.84 Å². The van der Waals surface area contributed by atoms with E-state index in [1.54, 1.807) is 0 Å². The van der Waals surface area contributed by atoms with E-state index in [9.17, 15) is 14.4 Å². The molecule has 3 aliphatic rings. The van der Waals surface area contributed by atoms with Gasteiger partial charge in [0.05, 0.1) is 5.41 Å². The molecule has 5 heteroatoms. The minimum Gasteiger partial charge on any atom is -0.481 e. The Hall–Kier alpha value is -1.91. The Morgan fingerprint density at radius 2 is 2.00 bits per heavy atom. The van der Waals surface area contributed by atoms with Gasteiger partial charge in [0.1, 0.15) is 0 Å². The Morgan fingerprint density at radius 3 is 2.18 bits per heavy atom. The summed E-state index contributed by atoms with van der Waals surface area (Å²) in [5.74, 6) is -1.23. The highest BCUT2D eigenvalue weighted by Crippen LogP contribution is 2.49. The second kappa shape index (κ2) is 4.16. The largest absolute Gasteiger partial charge is 0.481 e. The zero-order chi connectivity index (χ0) is 12.5. The number of ether oxygens (including phenoxy) is 1. The van der Waals surface area contributed by atoms with Gasteiger partial charge in [0.2, 0.25) is 0 Å². The minimum absolute atomic E-state index is 0.454. The van der Waals surface area contributed by atoms with Gasteiger partial charge in [-0.3, -0.25) is 4.79 Å². The average molecular weight is 236 g/mol. The van der Waals surface area contributed by atoms with Crippen LogP contribution >= 0.6 is 0 Å². The maximum Gasteiger partial charge on any atom is 0.338 e. The van der Waals surface area contributed by atoms with Crippen molar-refractivity contribution in [3.05, 3.63) is 24.3 Å². The van der Waals surface area contributed by atoms with Crippen molar-refractivity contribution in [3.8, 4) is 0 Å². The highest BCUT2D eigenvalue weighted by molar-refractivity contribution is 6.04. The molecule has 0 saturated heterocycles. The number of rotatable bonds is 1. The first-order chi connectivity index (χ1) is 8.02. The van der Waals surface area contributed by atoms with E-state index in [1.165, 1.54) is 0 Å². The number of carbonyl (C=O) groups is 3. The van der Waals surface area contributed by atoms with Crippen LogP contribution in [-0.4, -0.2) is 23.0 Å². The monoisotopic (exact) mass is 236 g/mol. The molecule has 2 bridgehead atoms. The van der Waals surface area contributed by atoms with Crippen molar-refractivity contribution >= 4 is 17.9 Å². The number of carbonyl (C=O) groups excluding carboxylic acids is 2. The topological polar surface area (TPSA) is 80.7 Å². The second-order valence-electron chi connectivity index (χ2n) is 4.40. The number of allylic oxidation sites excluding steroid dienone is 1. The second-order valence-corrected chi connectivity index (χ2v) is 4.40. The third-order valence-electron chi connectivity index (χ3n) is 3.26. The first-order valence-corrected chi connectivity index (χ1v) is 5.38. The number of hydrogen-bond donors (Lipinski definition) is 1. The van der Waals surface area contributed by atoms with Gasteiger partial charge in [-0.1, -0.05) is 12.2 Å². The normalized spacial score (nSPS) is 32.4. The summed E-state index contributed by atoms with van der Waals surface area (Å²) in [5, 5.41) is 8.84. The van der Waals surface area contributed by atoms with Crippen molar-refractivity contribution in [1.82, 2.24) is 0 Å². The van der Waals surface area contributed by atoms with Gasteiger partial charge in [-0.2, -0.15) is 0 Å². The van der Waals surface area contributed by atoms with Crippen molar-refractivity contribution < 1.29 is 24.2 Å². The summed E-state index contributed by atoms with van der Waals surface area (Å²) >= 11 is 0. The Kier molecular flexibility index (Phi) is 2.83. The van der Waals surface area contributed by atoms with E-state index in [4.69, 9.17) is 5.11 Å². The predicted octanol–water partition coefficient (Wildman–Crippen LogP) is 1.05. The first kappa shape index (κ1) is 11.6. The highest BCUT2D eigenvalue weighted by Gasteiger charge is 2.46. The molecule has 0 aromatic heterocycles. The summed E-state index contributed by atoms with van der Waals surface area (Å²) in [4.78, 5) is 30.6. The maximum absolute atomic E-state index is 10.7. The highest BCUT2D eigenvalue weighted by atomic mass is 16.6. The fourth-order valence-electron chi connectivity index (χ4n) is 2.32. The summed E-state index contributed by atoms with van der Waals surface area (Å²) in [6, 6.07) is 0. The molecule has 17 heavy (non-hydrogen) atoms. The number of aliphatic carboxylic acids is 1. The summed E-state index contributed by atoms with van der Waals surface area (Å²) in [6.45, 7) is 0. The molecule has 1 aliphatic heterocycles. The Bertz CT molecular complexity index is 418. The average Bonchev–Trinajstić information content (AvgIpc) is 2.96. The number of esters is 2. The molecule has 1 fully saturated rings. The lowest BCUT2D eigenvalue weighted by Gasteiger charge is -2.15. The molecule has 0 amide bonds. The number of fused-ring (bicyclic) bond motifs is 2. The third kappa shape index (κ3) is 2.27. The van der Waals surface area contributed by atoms with Gasteiger partial charge in [-0.25, -0.2) is 9.59 Å². The van der Waals surface area contributed by atoms with Crippen molar-refractivity contribution in [1.29, 1.82) is 0 Å². The van der Waals surface area contributed by atoms with Crippen LogP contribution in [0.25, 0.3) is 0 Å². The molecule has 2 aliphatic carbocycles. The Morgan fingerprint density at radius 1 is 1.35 bits per heavy atom. The molecule has 0 radical (unpaired) electrons. The number of carboxylic acid groups (broad SMARTS) is 1. The van der Waals surface area contributed by atoms with E-state index in [1.807, 2.05) is 6.08 Å². The molecular weight excluding hydrogens is 224 g/mol. The fourth-order valence-corrected chi connectivity index (χ4v) is 2.32. The molecule has 3 rings (SSSR count). The van der Waals surface area contributed by atoms with Gasteiger partial charge >= 0.3 is 17.9 Å². The molecular formula is C12H12O5. The van der Waals surface area contributed by atoms with Gasteiger partial charge in [-0.15, -0.1) is 0 Å². The zero-order valence-electron chi connectivity index (χ0n) is 9.09. The molecule has 90 valence electrons. The SMILES string of the molecule is O=C(O)C12C=CC(CC1)C2.O=C1C=CC(=O)O1. The summed E-state index contributed by atoms with van der Waals surface area (Å²) in [5.41, 5.74) is -0.454. The van der Waals surface area contributed by atoms with Crippen LogP contribution in [0.3, 0.4) is 0 Å². The van der Waals surface area contributed by atoms with E-state index in [0.717, 1.165) is 31.4 Å². The standard InChI is InChI=1S/C8H10O2.C4H2O3/c9-7(10)8-3-1-6(5-8)2-4-8;5-3-1-2-4(6)7-3/h1,3,6H,2,4-5H2,(H,9,10);1-2H. The molecule has 1 N–H and O–H groups in total. The van der Waals surface area contributed by atoms with Gasteiger partial charge in [0, 0.05) is 12.2 Å². The van der Waals surface area contributed by atoms with Crippen molar-refractivity contribution in [2.75, 3.05) is 0 Å². The van der Waals surface area contributed by atoms with Crippen LogP contribution in [0.4, 0.5) is 0 Å². The molecule has 0 spiro atoms. The Labute approximate surface area is 97.8 Å². The molecule has 1 saturated carbocycles. The summed E-state index contributed by atoms with van der Waals surface area (Å²) in [7, 11) is 0. The lowest BCUT2D eigenvalue weighted by Crippen LogP contribution is -2.23. The van der Waals surface area contributed by atoms with E-state index >= 15 is 0 Å². The van der Waals surface area contributed by atoms with Crippen LogP contribution in [0.2, 0.25) is 0 Å². The van der Waals surface area contributed by atoms with Crippen LogP contribution in [0, 0.1) is 11.3 Å². The summed E-state index contributed by atoms with van der Waals surface area (Å²) in [6.07, 6.45) is 8.88. The lowest BCUT2D eigenvalue weighted by molar-refractivity contribution is -0.150. The van der Waals surface area contributed by atoms with E-state index in [2.05, 4.69) is 10.8 Å². The van der Waals surface area contributed by atoms with Crippen LogP contribution in [0.5, 0.6) is 0 Å². The van der Waals surface area contributed by atoms with Crippen LogP contribution in [0.1, 0.15) is 19.3 Å². The zero-order valence-corrected chi connectivity index (χ0v) is 9.09. The maximum atomic E-state index is 10.7. The smallest absolute Gasteiger partial charge is 0.338 e. The third-order valence-corrected chi connectivity index (χ3v) is 3.26. The Balaban J connectivity index is 0.000000136. The van der Waals surface area contributed by atoms with E-state index in [0.29, 0.717) is 5.92 Å². The molecule has 1 heterocycles. The number of carboxylic acids is 1. The number of cyclic esters (lactones) is 2. The van der Waals surface area contributed by atoms with Gasteiger partial charge in [-0.05, 0) is 25.2 Å². The van der Waals surface area contributed by atoms with Crippen LogP contribution in [0.15, 0.2) is 24.3 Å². The number of hydrogen-bond acceptors (Lipinski definition) is 4. The molecule has 2 unspecified atom stereocenters. The summed E-state index contributed by atoms with van der Waals surface area (Å²) < 4.78 is 3.97. The van der Waals surface area contributed by atoms with Gasteiger partial charge in [0.15, 0.2) is 0 Å². The van der Waals surface area contributed by atoms with E-state index in [-0.39, 0.29) is 0 Å². The van der Waals surface area contributed by atoms with Crippen molar-refractivity contribution in [2.24, 2.45) is 11.3 Å². The predicted molar refractivity (Wildman–Crippen MR) is 56.8 cm³/mol. The fraction of sp³-hybridized carbons (Fsp3) is 0.417. The molecule has 2 atom stereocenters. The first-order valence-electron chi connectivity index (χ1n) is 5.38. The molecule has 0 aromatic carbocycles. The quantitative estimate of drug-likeness (QED) is 0.418. The van der Waals surface area contributed by atoms with Crippen molar-refractivity contribution in [3.63, 3.8) is 0 Å². The lowest BCUT2D eigenvalue weighted by atomic mass is 9.88. The van der Waals surface area contributed by atoms with E-state index < -0.39 is 23.3 Å². The molecule has 0 aromatic rings.